The van der Waals surface area contributed by atoms with Gasteiger partial charge in [-0.25, -0.2) is 9.37 Å². The number of benzene rings is 2. The van der Waals surface area contributed by atoms with Crippen molar-refractivity contribution in [2.75, 3.05) is 5.32 Å². The Morgan fingerprint density at radius 3 is 2.41 bits per heavy atom. The highest BCUT2D eigenvalue weighted by Gasteiger charge is 2.08. The zero-order chi connectivity index (χ0) is 15.5. The molecule has 3 rings (SSSR count). The summed E-state index contributed by atoms with van der Waals surface area (Å²) in [6.07, 6.45) is 1.80. The molecule has 0 aliphatic heterocycles. The van der Waals surface area contributed by atoms with Crippen molar-refractivity contribution in [2.24, 2.45) is 7.05 Å². The van der Waals surface area contributed by atoms with E-state index in [2.05, 4.69) is 41.5 Å². The van der Waals surface area contributed by atoms with Gasteiger partial charge < -0.3 is 9.88 Å². The second-order valence-electron chi connectivity index (χ2n) is 5.37. The molecule has 1 heterocycles. The highest BCUT2D eigenvalue weighted by atomic mass is 19.1. The first-order chi connectivity index (χ1) is 10.6. The Morgan fingerprint density at radius 2 is 1.73 bits per heavy atom. The molecule has 1 N–H and O–H groups in total. The summed E-state index contributed by atoms with van der Waals surface area (Å²) >= 11 is 0. The van der Waals surface area contributed by atoms with Crippen LogP contribution in [0.5, 0.6) is 0 Å². The molecule has 0 aliphatic carbocycles. The average molecular weight is 295 g/mol. The zero-order valence-corrected chi connectivity index (χ0v) is 12.7. The smallest absolute Gasteiger partial charge is 0.203 e. The van der Waals surface area contributed by atoms with Crippen LogP contribution in [0.15, 0.2) is 54.7 Å². The number of imidazole rings is 1. The second kappa shape index (κ2) is 6.02. The molecule has 0 saturated carbocycles. The summed E-state index contributed by atoms with van der Waals surface area (Å²) < 4.78 is 15.0. The van der Waals surface area contributed by atoms with Crippen LogP contribution >= 0.6 is 0 Å². The lowest BCUT2D eigenvalue weighted by Gasteiger charge is -2.09. The minimum atomic E-state index is -0.233. The van der Waals surface area contributed by atoms with Gasteiger partial charge in [0.15, 0.2) is 0 Å². The molecule has 112 valence electrons. The summed E-state index contributed by atoms with van der Waals surface area (Å²) in [4.78, 5) is 4.41. The minimum Gasteiger partial charge on any atom is -0.352 e. The molecular weight excluding hydrogens is 277 g/mol. The molecule has 0 atom stereocenters. The van der Waals surface area contributed by atoms with E-state index in [4.69, 9.17) is 0 Å². The van der Waals surface area contributed by atoms with Crippen molar-refractivity contribution in [2.45, 2.75) is 13.5 Å². The van der Waals surface area contributed by atoms with E-state index in [1.165, 1.54) is 23.3 Å². The third-order valence-electron chi connectivity index (χ3n) is 3.70. The third kappa shape index (κ3) is 3.01. The van der Waals surface area contributed by atoms with Gasteiger partial charge in [-0.05, 0) is 36.8 Å². The number of hydrogen-bond donors (Lipinski definition) is 1. The van der Waals surface area contributed by atoms with E-state index in [0.717, 1.165) is 17.2 Å². The minimum absolute atomic E-state index is 0.233. The summed E-state index contributed by atoms with van der Waals surface area (Å²) in [5.74, 6) is 0.559. The van der Waals surface area contributed by atoms with Crippen LogP contribution in [0.4, 0.5) is 10.3 Å². The molecule has 0 fully saturated rings. The van der Waals surface area contributed by atoms with E-state index in [1.807, 2.05) is 11.6 Å². The van der Waals surface area contributed by atoms with Crippen LogP contribution in [0.3, 0.4) is 0 Å². The van der Waals surface area contributed by atoms with Gasteiger partial charge in [-0.3, -0.25) is 0 Å². The molecule has 0 spiro atoms. The number of nitrogens with zero attached hydrogens (tertiary/aromatic N) is 2. The van der Waals surface area contributed by atoms with Gasteiger partial charge in [0.05, 0.1) is 11.9 Å². The molecule has 0 radical (unpaired) electrons. The molecule has 1 aromatic heterocycles. The molecule has 4 heteroatoms. The van der Waals surface area contributed by atoms with Gasteiger partial charge in [0.2, 0.25) is 5.95 Å². The van der Waals surface area contributed by atoms with Crippen LogP contribution in [0.25, 0.3) is 11.3 Å². The maximum Gasteiger partial charge on any atom is 0.203 e. The molecule has 0 bridgehead atoms. The average Bonchev–Trinajstić information content (AvgIpc) is 2.89. The first-order valence-electron chi connectivity index (χ1n) is 7.20. The number of aromatic nitrogens is 2. The Balaban J connectivity index is 1.75. The highest BCUT2D eigenvalue weighted by molar-refractivity contribution is 5.61. The number of halogens is 1. The molecule has 0 aliphatic rings. The fourth-order valence-corrected chi connectivity index (χ4v) is 2.35. The first kappa shape index (κ1) is 14.3. The quantitative estimate of drug-likeness (QED) is 0.783. The van der Waals surface area contributed by atoms with Crippen LogP contribution in [0, 0.1) is 12.7 Å². The van der Waals surface area contributed by atoms with E-state index in [0.29, 0.717) is 6.54 Å². The van der Waals surface area contributed by atoms with Crippen molar-refractivity contribution < 1.29 is 4.39 Å². The van der Waals surface area contributed by atoms with E-state index in [1.54, 1.807) is 18.3 Å². The van der Waals surface area contributed by atoms with Crippen LogP contribution in [0.1, 0.15) is 11.1 Å². The van der Waals surface area contributed by atoms with Crippen LogP contribution in [-0.2, 0) is 13.6 Å². The monoisotopic (exact) mass is 295 g/mol. The lowest BCUT2D eigenvalue weighted by molar-refractivity contribution is 0.628. The molecule has 22 heavy (non-hydrogen) atoms. The fraction of sp³-hybridized carbons (Fsp3) is 0.167. The van der Waals surface area contributed by atoms with Crippen LogP contribution in [-0.4, -0.2) is 9.55 Å². The predicted octanol–water partition coefficient (Wildman–Crippen LogP) is 4.15. The Labute approximate surface area is 129 Å². The maximum atomic E-state index is 13.0. The molecule has 3 nitrogen and oxygen atoms in total. The van der Waals surface area contributed by atoms with Crippen molar-refractivity contribution in [3.05, 3.63) is 71.7 Å². The third-order valence-corrected chi connectivity index (χ3v) is 3.70. The summed E-state index contributed by atoms with van der Waals surface area (Å²) in [5, 5.41) is 3.33. The summed E-state index contributed by atoms with van der Waals surface area (Å²) in [6, 6.07) is 14.8. The van der Waals surface area contributed by atoms with E-state index in [-0.39, 0.29) is 5.82 Å². The standard InChI is InChI=1S/C18H18FN3/c1-13-3-5-14(6-4-13)11-20-18-21-12-17(22(18)2)15-7-9-16(19)10-8-15/h3-10,12H,11H2,1-2H3,(H,20,21). The van der Waals surface area contributed by atoms with Gasteiger partial charge in [-0.1, -0.05) is 29.8 Å². The maximum absolute atomic E-state index is 13.0. The van der Waals surface area contributed by atoms with Gasteiger partial charge in [-0.2, -0.15) is 0 Å². The fourth-order valence-electron chi connectivity index (χ4n) is 2.35. The lowest BCUT2D eigenvalue weighted by atomic mass is 10.1. The Morgan fingerprint density at radius 1 is 1.05 bits per heavy atom. The molecule has 3 aromatic rings. The summed E-state index contributed by atoms with van der Waals surface area (Å²) in [7, 11) is 1.95. The molecule has 0 unspecified atom stereocenters. The van der Waals surface area contributed by atoms with Crippen molar-refractivity contribution in [3.8, 4) is 11.3 Å². The number of rotatable bonds is 4. The number of aryl methyl sites for hydroxylation is 1. The molecular formula is C18H18FN3. The SMILES string of the molecule is Cc1ccc(CNc2ncc(-c3ccc(F)cc3)n2C)cc1. The Bertz CT molecular complexity index is 758. The number of nitrogens with one attached hydrogen (secondary N) is 1. The first-order valence-corrected chi connectivity index (χ1v) is 7.20. The van der Waals surface area contributed by atoms with Crippen molar-refractivity contribution in [1.82, 2.24) is 9.55 Å². The number of anilines is 1. The molecule has 0 saturated heterocycles. The normalized spacial score (nSPS) is 10.7. The highest BCUT2D eigenvalue weighted by Crippen LogP contribution is 2.22. The van der Waals surface area contributed by atoms with Gasteiger partial charge in [-0.15, -0.1) is 0 Å². The molecule has 2 aromatic carbocycles. The van der Waals surface area contributed by atoms with Crippen LogP contribution in [0.2, 0.25) is 0 Å². The van der Waals surface area contributed by atoms with Crippen molar-refractivity contribution in [3.63, 3.8) is 0 Å². The topological polar surface area (TPSA) is 29.9 Å². The Hall–Kier alpha value is -2.62. The van der Waals surface area contributed by atoms with Crippen LogP contribution < -0.4 is 5.32 Å². The van der Waals surface area contributed by atoms with E-state index in [9.17, 15) is 4.39 Å². The Kier molecular flexibility index (Phi) is 3.92. The zero-order valence-electron chi connectivity index (χ0n) is 12.7. The number of hydrogen-bond acceptors (Lipinski definition) is 2. The van der Waals surface area contributed by atoms with Crippen molar-refractivity contribution >= 4 is 5.95 Å². The lowest BCUT2D eigenvalue weighted by Crippen LogP contribution is -2.05. The van der Waals surface area contributed by atoms with Gasteiger partial charge in [0, 0.05) is 19.2 Å². The van der Waals surface area contributed by atoms with Gasteiger partial charge >= 0.3 is 0 Å². The van der Waals surface area contributed by atoms with E-state index < -0.39 is 0 Å². The van der Waals surface area contributed by atoms with Gasteiger partial charge in [0.1, 0.15) is 5.82 Å². The second-order valence-corrected chi connectivity index (χ2v) is 5.37. The molecule has 0 amide bonds. The predicted molar refractivity (Wildman–Crippen MR) is 87.1 cm³/mol. The van der Waals surface area contributed by atoms with Gasteiger partial charge in [0.25, 0.3) is 0 Å². The van der Waals surface area contributed by atoms with E-state index >= 15 is 0 Å². The summed E-state index contributed by atoms with van der Waals surface area (Å²) in [5.41, 5.74) is 4.35. The van der Waals surface area contributed by atoms with Crippen molar-refractivity contribution in [1.29, 1.82) is 0 Å². The largest absolute Gasteiger partial charge is 0.352 e. The summed E-state index contributed by atoms with van der Waals surface area (Å²) in [6.45, 7) is 2.79.